The zero-order valence-corrected chi connectivity index (χ0v) is 18.7. The summed E-state index contributed by atoms with van der Waals surface area (Å²) in [5, 5.41) is 6.27. The van der Waals surface area contributed by atoms with Gasteiger partial charge in [0.1, 0.15) is 0 Å². The van der Waals surface area contributed by atoms with Gasteiger partial charge in [-0.05, 0) is 49.6 Å². The molecule has 7 nitrogen and oxygen atoms in total. The van der Waals surface area contributed by atoms with E-state index < -0.39 is 9.84 Å². The van der Waals surface area contributed by atoms with E-state index in [1.807, 2.05) is 25.1 Å². The summed E-state index contributed by atoms with van der Waals surface area (Å²) in [6.45, 7) is 3.53. The first-order valence-electron chi connectivity index (χ1n) is 10.0. The van der Waals surface area contributed by atoms with E-state index in [0.29, 0.717) is 24.0 Å². The predicted molar refractivity (Wildman–Crippen MR) is 120 cm³/mol. The third-order valence-corrected chi connectivity index (χ3v) is 6.18. The molecule has 2 N–H and O–H groups in total. The van der Waals surface area contributed by atoms with Gasteiger partial charge in [-0.15, -0.1) is 0 Å². The topological polar surface area (TPSA) is 89.0 Å². The van der Waals surface area contributed by atoms with Gasteiger partial charge in [0.25, 0.3) is 0 Å². The molecule has 164 valence electrons. The maximum atomic E-state index is 12.3. The van der Waals surface area contributed by atoms with Crippen molar-refractivity contribution < 1.29 is 17.9 Å². The minimum Gasteiger partial charge on any atom is -0.493 e. The molecule has 0 aromatic heterocycles. The molecule has 2 aromatic carbocycles. The molecule has 0 fully saturated rings. The average Bonchev–Trinajstić information content (AvgIpc) is 2.76. The van der Waals surface area contributed by atoms with E-state index >= 15 is 0 Å². The summed E-state index contributed by atoms with van der Waals surface area (Å²) in [5.74, 6) is 2.07. The molecule has 8 heteroatoms. The van der Waals surface area contributed by atoms with E-state index in [1.165, 1.54) is 0 Å². The lowest BCUT2D eigenvalue weighted by molar-refractivity contribution is 0.310. The van der Waals surface area contributed by atoms with Gasteiger partial charge in [-0.1, -0.05) is 24.3 Å². The van der Waals surface area contributed by atoms with Gasteiger partial charge in [0.2, 0.25) is 0 Å². The van der Waals surface area contributed by atoms with Gasteiger partial charge in [-0.25, -0.2) is 8.42 Å². The van der Waals surface area contributed by atoms with Crippen LogP contribution in [-0.4, -0.2) is 54.0 Å². The van der Waals surface area contributed by atoms with Crippen molar-refractivity contribution in [3.8, 4) is 11.5 Å². The van der Waals surface area contributed by atoms with Gasteiger partial charge in [-0.2, -0.15) is 0 Å². The molecule has 0 atom stereocenters. The lowest BCUT2D eigenvalue weighted by atomic mass is 10.1. The van der Waals surface area contributed by atoms with E-state index in [2.05, 4.69) is 15.6 Å². The summed E-state index contributed by atoms with van der Waals surface area (Å²) >= 11 is 0. The number of hydrogen-bond acceptors (Lipinski definition) is 5. The summed E-state index contributed by atoms with van der Waals surface area (Å²) in [4.78, 5) is 4.48. The Morgan fingerprint density at radius 2 is 1.77 bits per heavy atom. The Labute approximate surface area is 179 Å². The zero-order valence-electron chi connectivity index (χ0n) is 17.8. The van der Waals surface area contributed by atoms with Crippen LogP contribution in [0.2, 0.25) is 0 Å². The fourth-order valence-corrected chi connectivity index (χ4v) is 4.09. The Balaban J connectivity index is 1.75. The van der Waals surface area contributed by atoms with Crippen LogP contribution in [-0.2, 0) is 16.3 Å². The van der Waals surface area contributed by atoms with Crippen LogP contribution in [0, 0.1) is 0 Å². The Hall–Kier alpha value is -2.74. The van der Waals surface area contributed by atoms with Crippen LogP contribution < -0.4 is 20.1 Å². The smallest absolute Gasteiger partial charge is 0.191 e. The molecule has 0 heterocycles. The van der Waals surface area contributed by atoms with Crippen molar-refractivity contribution in [1.29, 1.82) is 0 Å². The number of nitrogens with one attached hydrogen (secondary N) is 2. The van der Waals surface area contributed by atoms with Crippen molar-refractivity contribution in [3.63, 3.8) is 0 Å². The van der Waals surface area contributed by atoms with E-state index in [4.69, 9.17) is 9.47 Å². The first-order chi connectivity index (χ1) is 14.5. The highest BCUT2D eigenvalue weighted by Crippen LogP contribution is 2.28. The first kappa shape index (κ1) is 23.5. The second-order valence-electron chi connectivity index (χ2n) is 6.58. The molecule has 0 amide bonds. The average molecular weight is 434 g/mol. The summed E-state index contributed by atoms with van der Waals surface area (Å²) in [7, 11) is -0.0118. The third-order valence-electron chi connectivity index (χ3n) is 4.45. The van der Waals surface area contributed by atoms with E-state index in [-0.39, 0.29) is 12.3 Å². The summed E-state index contributed by atoms with van der Waals surface area (Å²) in [6.07, 6.45) is 1.76. The fourth-order valence-electron chi connectivity index (χ4n) is 2.91. The number of aliphatic imine (C=N–C) groups is 1. The monoisotopic (exact) mass is 433 g/mol. The second kappa shape index (κ2) is 12.1. The number of sulfone groups is 1. The van der Waals surface area contributed by atoms with Crippen LogP contribution in [0.5, 0.6) is 11.5 Å². The quantitative estimate of drug-likeness (QED) is 0.322. The molecular formula is C22H31N3O4S. The van der Waals surface area contributed by atoms with E-state index in [0.717, 1.165) is 29.9 Å². The van der Waals surface area contributed by atoms with Crippen molar-refractivity contribution in [3.05, 3.63) is 54.1 Å². The summed E-state index contributed by atoms with van der Waals surface area (Å²) in [6, 6.07) is 14.4. The summed E-state index contributed by atoms with van der Waals surface area (Å²) in [5.41, 5.74) is 1.16. The van der Waals surface area contributed by atoms with Crippen molar-refractivity contribution >= 4 is 15.8 Å². The lowest BCUT2D eigenvalue weighted by Gasteiger charge is -2.13. The Morgan fingerprint density at radius 3 is 2.43 bits per heavy atom. The molecule has 0 saturated heterocycles. The normalized spacial score (nSPS) is 11.8. The largest absolute Gasteiger partial charge is 0.493 e. The number of guanidine groups is 1. The van der Waals surface area contributed by atoms with Crippen LogP contribution in [0.25, 0.3) is 0 Å². The van der Waals surface area contributed by atoms with Gasteiger partial charge >= 0.3 is 0 Å². The summed E-state index contributed by atoms with van der Waals surface area (Å²) < 4.78 is 35.6. The van der Waals surface area contributed by atoms with Crippen LogP contribution in [0.15, 0.2) is 58.4 Å². The molecule has 2 aromatic rings. The van der Waals surface area contributed by atoms with Crippen molar-refractivity contribution in [2.24, 2.45) is 4.99 Å². The minimum atomic E-state index is -3.31. The van der Waals surface area contributed by atoms with Gasteiger partial charge in [0, 0.05) is 20.1 Å². The van der Waals surface area contributed by atoms with Crippen LogP contribution in [0.4, 0.5) is 0 Å². The molecule has 0 saturated carbocycles. The maximum Gasteiger partial charge on any atom is 0.191 e. The predicted octanol–water partition coefficient (Wildman–Crippen LogP) is 2.67. The highest BCUT2D eigenvalue weighted by molar-refractivity contribution is 7.91. The molecule has 0 aliphatic carbocycles. The standard InChI is InChI=1S/C22H31N3O4S/c1-4-29-21-17-18(12-13-20(21)28-3)9-8-14-24-22(23-2)25-15-16-30(26,27)19-10-6-5-7-11-19/h5-7,10-13,17H,4,8-9,14-16H2,1-3H3,(H2,23,24,25). The number of aryl methyl sites for hydroxylation is 1. The Morgan fingerprint density at radius 1 is 1.03 bits per heavy atom. The maximum absolute atomic E-state index is 12.3. The molecule has 30 heavy (non-hydrogen) atoms. The number of nitrogens with zero attached hydrogens (tertiary/aromatic N) is 1. The highest BCUT2D eigenvalue weighted by atomic mass is 32.2. The Kier molecular flexibility index (Phi) is 9.47. The van der Waals surface area contributed by atoms with E-state index in [1.54, 1.807) is 44.5 Å². The number of hydrogen-bond donors (Lipinski definition) is 2. The van der Waals surface area contributed by atoms with Gasteiger partial charge in [0.15, 0.2) is 27.3 Å². The number of methoxy groups -OCH3 is 1. The zero-order chi connectivity index (χ0) is 21.8. The molecule has 0 spiro atoms. The third kappa shape index (κ3) is 7.26. The van der Waals surface area contributed by atoms with Crippen molar-refractivity contribution in [2.75, 3.05) is 39.6 Å². The molecule has 2 rings (SSSR count). The highest BCUT2D eigenvalue weighted by Gasteiger charge is 2.13. The van der Waals surface area contributed by atoms with Crippen LogP contribution in [0.1, 0.15) is 18.9 Å². The van der Waals surface area contributed by atoms with Gasteiger partial charge < -0.3 is 20.1 Å². The number of ether oxygens (including phenoxy) is 2. The first-order valence-corrected chi connectivity index (χ1v) is 11.7. The fraction of sp³-hybridized carbons (Fsp3) is 0.409. The van der Waals surface area contributed by atoms with Crippen molar-refractivity contribution in [1.82, 2.24) is 10.6 Å². The molecule has 0 aliphatic rings. The number of rotatable bonds is 11. The molecule has 0 aliphatic heterocycles. The van der Waals surface area contributed by atoms with Crippen LogP contribution >= 0.6 is 0 Å². The number of benzene rings is 2. The lowest BCUT2D eigenvalue weighted by Crippen LogP contribution is -2.40. The van der Waals surface area contributed by atoms with Gasteiger partial charge in [-0.3, -0.25) is 4.99 Å². The molecular weight excluding hydrogens is 402 g/mol. The van der Waals surface area contributed by atoms with Crippen molar-refractivity contribution in [2.45, 2.75) is 24.7 Å². The van der Waals surface area contributed by atoms with Gasteiger partial charge in [0.05, 0.1) is 24.4 Å². The minimum absolute atomic E-state index is 0.00374. The van der Waals surface area contributed by atoms with Crippen LogP contribution in [0.3, 0.4) is 0 Å². The second-order valence-corrected chi connectivity index (χ2v) is 8.69. The molecule has 0 radical (unpaired) electrons. The molecule has 0 unspecified atom stereocenters. The van der Waals surface area contributed by atoms with E-state index in [9.17, 15) is 8.42 Å². The Bertz CT molecular complexity index is 915. The SMILES string of the molecule is CCOc1cc(CCCNC(=NC)NCCS(=O)(=O)c2ccccc2)ccc1OC. The molecule has 0 bridgehead atoms.